The van der Waals surface area contributed by atoms with Crippen LogP contribution in [0.3, 0.4) is 0 Å². The van der Waals surface area contributed by atoms with E-state index in [2.05, 4.69) is 27.6 Å². The second-order valence-corrected chi connectivity index (χ2v) is 5.68. The number of methoxy groups -OCH3 is 1. The summed E-state index contributed by atoms with van der Waals surface area (Å²) in [6.07, 6.45) is 1.20. The monoisotopic (exact) mass is 357 g/mol. The van der Waals surface area contributed by atoms with Crippen molar-refractivity contribution in [3.63, 3.8) is 0 Å². The Morgan fingerprint density at radius 3 is 2.83 bits per heavy atom. The predicted molar refractivity (Wildman–Crippen MR) is 74.6 cm³/mol. The molecule has 0 N–H and O–H groups in total. The number of ether oxygens (including phenoxy) is 2. The molecule has 1 aliphatic carbocycles. The Hall–Kier alpha value is -1.11. The smallest absolute Gasteiger partial charge is 0.349 e. The van der Waals surface area contributed by atoms with E-state index in [0.717, 1.165) is 22.0 Å². The second-order valence-electron chi connectivity index (χ2n) is 4.52. The van der Waals surface area contributed by atoms with Gasteiger partial charge in [-0.3, -0.25) is 0 Å². The molecule has 1 aromatic carbocycles. The van der Waals surface area contributed by atoms with Gasteiger partial charge in [0.15, 0.2) is 0 Å². The molecule has 4 nitrogen and oxygen atoms in total. The number of rotatable bonds is 2. The number of hydrogen-bond donors (Lipinski definition) is 0. The molecule has 1 aromatic rings. The Morgan fingerprint density at radius 2 is 2.22 bits per heavy atom. The van der Waals surface area contributed by atoms with Gasteiger partial charge in [-0.2, -0.15) is 0 Å². The van der Waals surface area contributed by atoms with E-state index in [4.69, 9.17) is 9.47 Å². The molecular weight excluding hydrogens is 345 g/mol. The first-order chi connectivity index (χ1) is 8.66. The quantitative estimate of drug-likeness (QED) is 0.602. The molecule has 1 aliphatic heterocycles. The van der Waals surface area contributed by atoms with E-state index in [9.17, 15) is 4.79 Å². The standard InChI is InChI=1S/C13H12INO3/c1-17-12(16)10-13(6-7-13)15-11(18-10)8-4-2-3-5-9(8)14/h2-5,10H,6-7H2,1H3. The Balaban J connectivity index is 1.93. The lowest BCUT2D eigenvalue weighted by molar-refractivity contribution is -0.149. The summed E-state index contributed by atoms with van der Waals surface area (Å²) in [5.41, 5.74) is 0.581. The van der Waals surface area contributed by atoms with E-state index < -0.39 is 6.10 Å². The zero-order valence-electron chi connectivity index (χ0n) is 9.85. The van der Waals surface area contributed by atoms with Gasteiger partial charge in [-0.05, 0) is 47.6 Å². The summed E-state index contributed by atoms with van der Waals surface area (Å²) in [6.45, 7) is 0. The number of halogens is 1. The first kappa shape index (κ1) is 12.0. The Labute approximate surface area is 119 Å². The van der Waals surface area contributed by atoms with Crippen molar-refractivity contribution in [3.05, 3.63) is 33.4 Å². The van der Waals surface area contributed by atoms with Gasteiger partial charge in [0.1, 0.15) is 5.54 Å². The Morgan fingerprint density at radius 1 is 1.50 bits per heavy atom. The summed E-state index contributed by atoms with van der Waals surface area (Å²) < 4.78 is 11.6. The van der Waals surface area contributed by atoms with Gasteiger partial charge in [0.05, 0.1) is 7.11 Å². The first-order valence-electron chi connectivity index (χ1n) is 5.75. The molecule has 0 bridgehead atoms. The minimum Gasteiger partial charge on any atom is -0.466 e. The highest BCUT2D eigenvalue weighted by atomic mass is 127. The van der Waals surface area contributed by atoms with Gasteiger partial charge in [-0.25, -0.2) is 9.79 Å². The number of carbonyl (C=O) groups excluding carboxylic acids is 1. The van der Waals surface area contributed by atoms with Gasteiger partial charge in [0.25, 0.3) is 0 Å². The number of hydrogen-bond acceptors (Lipinski definition) is 4. The van der Waals surface area contributed by atoms with Crippen molar-refractivity contribution in [1.29, 1.82) is 0 Å². The number of carbonyl (C=O) groups is 1. The van der Waals surface area contributed by atoms with Crippen LogP contribution in [0.5, 0.6) is 0 Å². The predicted octanol–water partition coefficient (Wildman–Crippen LogP) is 2.14. The maximum absolute atomic E-state index is 11.7. The van der Waals surface area contributed by atoms with Crippen molar-refractivity contribution >= 4 is 34.5 Å². The molecule has 1 fully saturated rings. The van der Waals surface area contributed by atoms with Crippen molar-refractivity contribution in [1.82, 2.24) is 0 Å². The number of aliphatic imine (C=N–C) groups is 1. The molecule has 3 rings (SSSR count). The molecule has 0 saturated heterocycles. The van der Waals surface area contributed by atoms with Crippen LogP contribution in [0.2, 0.25) is 0 Å². The third kappa shape index (κ3) is 1.81. The molecule has 1 saturated carbocycles. The average molecular weight is 357 g/mol. The van der Waals surface area contributed by atoms with Crippen LogP contribution in [0.15, 0.2) is 29.3 Å². The largest absolute Gasteiger partial charge is 0.466 e. The summed E-state index contributed by atoms with van der Waals surface area (Å²) in [5, 5.41) is 0. The third-order valence-corrected chi connectivity index (χ3v) is 4.26. The van der Waals surface area contributed by atoms with Gasteiger partial charge in [-0.15, -0.1) is 0 Å². The normalized spacial score (nSPS) is 23.4. The highest BCUT2D eigenvalue weighted by Crippen LogP contribution is 2.48. The molecule has 1 spiro atoms. The number of esters is 1. The molecule has 18 heavy (non-hydrogen) atoms. The van der Waals surface area contributed by atoms with Crippen LogP contribution in [-0.4, -0.2) is 30.6 Å². The van der Waals surface area contributed by atoms with Crippen molar-refractivity contribution in [2.75, 3.05) is 7.11 Å². The molecule has 94 valence electrons. The summed E-state index contributed by atoms with van der Waals surface area (Å²) >= 11 is 2.24. The Bertz CT molecular complexity index is 537. The van der Waals surface area contributed by atoms with E-state index >= 15 is 0 Å². The molecular formula is C13H12INO3. The van der Waals surface area contributed by atoms with Crippen LogP contribution in [-0.2, 0) is 14.3 Å². The summed E-state index contributed by atoms with van der Waals surface area (Å²) in [5.74, 6) is 0.227. The van der Waals surface area contributed by atoms with E-state index in [1.165, 1.54) is 7.11 Å². The Kier molecular flexibility index (Phi) is 2.80. The molecule has 1 heterocycles. The van der Waals surface area contributed by atoms with Crippen LogP contribution in [0, 0.1) is 3.57 Å². The summed E-state index contributed by atoms with van der Waals surface area (Å²) in [7, 11) is 1.38. The van der Waals surface area contributed by atoms with Gasteiger partial charge < -0.3 is 9.47 Å². The van der Waals surface area contributed by atoms with Crippen LogP contribution in [0.1, 0.15) is 18.4 Å². The molecule has 5 heteroatoms. The lowest BCUT2D eigenvalue weighted by Crippen LogP contribution is -2.34. The fraction of sp³-hybridized carbons (Fsp3) is 0.385. The van der Waals surface area contributed by atoms with E-state index in [0.29, 0.717) is 5.90 Å². The molecule has 1 unspecified atom stereocenters. The maximum atomic E-state index is 11.7. The van der Waals surface area contributed by atoms with Crippen molar-refractivity contribution < 1.29 is 14.3 Å². The highest BCUT2D eigenvalue weighted by molar-refractivity contribution is 14.1. The fourth-order valence-corrected chi connectivity index (χ4v) is 2.76. The van der Waals surface area contributed by atoms with Gasteiger partial charge >= 0.3 is 5.97 Å². The van der Waals surface area contributed by atoms with Crippen molar-refractivity contribution in [3.8, 4) is 0 Å². The number of benzene rings is 1. The molecule has 0 amide bonds. The maximum Gasteiger partial charge on any atom is 0.349 e. The molecule has 1 atom stereocenters. The van der Waals surface area contributed by atoms with E-state index in [1.54, 1.807) is 0 Å². The average Bonchev–Trinajstić information content (AvgIpc) is 3.03. The van der Waals surface area contributed by atoms with Crippen molar-refractivity contribution in [2.45, 2.75) is 24.5 Å². The zero-order chi connectivity index (χ0) is 12.8. The minimum absolute atomic E-state index is 0.336. The zero-order valence-corrected chi connectivity index (χ0v) is 12.0. The summed E-state index contributed by atoms with van der Waals surface area (Å²) in [4.78, 5) is 16.3. The van der Waals surface area contributed by atoms with Crippen LogP contribution in [0.25, 0.3) is 0 Å². The molecule has 0 aromatic heterocycles. The lowest BCUT2D eigenvalue weighted by Gasteiger charge is -2.13. The van der Waals surface area contributed by atoms with Crippen LogP contribution < -0.4 is 0 Å². The molecule has 0 radical (unpaired) electrons. The minimum atomic E-state index is -0.575. The van der Waals surface area contributed by atoms with Crippen LogP contribution >= 0.6 is 22.6 Å². The van der Waals surface area contributed by atoms with Gasteiger partial charge in [-0.1, -0.05) is 12.1 Å². The molecule has 2 aliphatic rings. The van der Waals surface area contributed by atoms with Crippen molar-refractivity contribution in [2.24, 2.45) is 4.99 Å². The topological polar surface area (TPSA) is 47.9 Å². The SMILES string of the molecule is COC(=O)C1OC(c2ccccc2I)=NC12CC2. The third-order valence-electron chi connectivity index (χ3n) is 3.32. The highest BCUT2D eigenvalue weighted by Gasteiger charge is 2.59. The fourth-order valence-electron chi connectivity index (χ4n) is 2.14. The number of nitrogens with zero attached hydrogens (tertiary/aromatic N) is 1. The van der Waals surface area contributed by atoms with Gasteiger partial charge in [0, 0.05) is 9.13 Å². The summed E-state index contributed by atoms with van der Waals surface area (Å²) in [6, 6.07) is 7.85. The second kappa shape index (κ2) is 4.22. The lowest BCUT2D eigenvalue weighted by atomic mass is 10.1. The van der Waals surface area contributed by atoms with Gasteiger partial charge in [0.2, 0.25) is 12.0 Å². The first-order valence-corrected chi connectivity index (χ1v) is 6.83. The van der Waals surface area contributed by atoms with E-state index in [-0.39, 0.29) is 11.5 Å². The van der Waals surface area contributed by atoms with E-state index in [1.807, 2.05) is 24.3 Å². The van der Waals surface area contributed by atoms with Crippen LogP contribution in [0.4, 0.5) is 0 Å².